The minimum Gasteiger partial charge on any atom is -0.349 e. The maximum atomic E-state index is 13.1. The number of aromatic nitrogens is 1. The molecule has 0 unspecified atom stereocenters. The molecule has 1 atom stereocenters. The fourth-order valence-electron chi connectivity index (χ4n) is 4.84. The fourth-order valence-corrected chi connectivity index (χ4v) is 4.84. The predicted octanol–water partition coefficient (Wildman–Crippen LogP) is 4.42. The van der Waals surface area contributed by atoms with E-state index in [-0.39, 0.29) is 11.8 Å². The Kier molecular flexibility index (Phi) is 10.9. The molecule has 2 aromatic rings. The fraction of sp³-hybridized carbons (Fsp3) is 0.517. The van der Waals surface area contributed by atoms with E-state index in [0.717, 1.165) is 43.2 Å². The Morgan fingerprint density at radius 2 is 1.71 bits per heavy atom. The van der Waals surface area contributed by atoms with Crippen molar-refractivity contribution < 1.29 is 14.4 Å². The summed E-state index contributed by atoms with van der Waals surface area (Å²) < 4.78 is 0. The normalized spacial score (nSPS) is 18.4. The third-order valence-corrected chi connectivity index (χ3v) is 6.97. The number of carbonyl (C=O) groups excluding carboxylic acids is 3. The van der Waals surface area contributed by atoms with E-state index in [2.05, 4.69) is 22.5 Å². The summed E-state index contributed by atoms with van der Waals surface area (Å²) in [5.41, 5.74) is 2.01. The van der Waals surface area contributed by atoms with Crippen molar-refractivity contribution in [3.05, 3.63) is 66.0 Å². The van der Waals surface area contributed by atoms with E-state index in [9.17, 15) is 14.4 Å². The summed E-state index contributed by atoms with van der Waals surface area (Å²) in [7, 11) is 0. The molecule has 1 saturated carbocycles. The first-order valence-electron chi connectivity index (χ1n) is 13.1. The van der Waals surface area contributed by atoms with Crippen molar-refractivity contribution in [3.8, 4) is 0 Å². The summed E-state index contributed by atoms with van der Waals surface area (Å²) in [5, 5.41) is 5.67. The van der Waals surface area contributed by atoms with Gasteiger partial charge in [-0.1, -0.05) is 62.6 Å². The zero-order valence-corrected chi connectivity index (χ0v) is 20.9. The standard InChI is InChI=1S/C29H39N3O3/c1-2-3-9-22-14-16-25(17-15-22)28(34)32-26(20-23-10-5-4-6-11-23)27(33)29(35)31-19-8-13-24-12-7-18-30-21-24/h4-7,10-12,18,21-22,25-26H,2-3,8-9,13-17,19-20H2,1H3,(H,31,35)(H,32,34)/t22?,25?,26-/m0/s1. The van der Waals surface area contributed by atoms with Gasteiger partial charge in [0.05, 0.1) is 0 Å². The van der Waals surface area contributed by atoms with Gasteiger partial charge in [-0.25, -0.2) is 0 Å². The summed E-state index contributed by atoms with van der Waals surface area (Å²) in [4.78, 5) is 42.9. The molecule has 1 aliphatic rings. The molecule has 6 nitrogen and oxygen atoms in total. The first-order valence-corrected chi connectivity index (χ1v) is 13.1. The molecular formula is C29H39N3O3. The molecule has 1 aromatic heterocycles. The van der Waals surface area contributed by atoms with Gasteiger partial charge < -0.3 is 10.6 Å². The lowest BCUT2D eigenvalue weighted by atomic mass is 9.79. The highest BCUT2D eigenvalue weighted by Gasteiger charge is 2.31. The number of carbonyl (C=O) groups is 3. The molecule has 3 rings (SSSR count). The number of nitrogens with zero attached hydrogens (tertiary/aromatic N) is 1. The average molecular weight is 478 g/mol. The molecule has 35 heavy (non-hydrogen) atoms. The highest BCUT2D eigenvalue weighted by Crippen LogP contribution is 2.32. The minimum absolute atomic E-state index is 0.0820. The lowest BCUT2D eigenvalue weighted by molar-refractivity contribution is -0.140. The first-order chi connectivity index (χ1) is 17.1. The molecule has 0 aliphatic heterocycles. The molecule has 0 saturated heterocycles. The second kappa shape index (κ2) is 14.4. The van der Waals surface area contributed by atoms with Gasteiger partial charge in [0.25, 0.3) is 5.91 Å². The second-order valence-electron chi connectivity index (χ2n) is 9.70. The van der Waals surface area contributed by atoms with Crippen molar-refractivity contribution in [2.45, 2.75) is 77.2 Å². The van der Waals surface area contributed by atoms with E-state index >= 15 is 0 Å². The molecule has 0 radical (unpaired) electrons. The third kappa shape index (κ3) is 8.93. The lowest BCUT2D eigenvalue weighted by Crippen LogP contribution is -2.50. The molecule has 0 spiro atoms. The first kappa shape index (κ1) is 26.6. The van der Waals surface area contributed by atoms with Gasteiger partial charge in [-0.15, -0.1) is 0 Å². The van der Waals surface area contributed by atoms with E-state index in [1.165, 1.54) is 19.3 Å². The molecule has 2 N–H and O–H groups in total. The van der Waals surface area contributed by atoms with Crippen molar-refractivity contribution >= 4 is 17.6 Å². The van der Waals surface area contributed by atoms with Crippen LogP contribution in [0.2, 0.25) is 0 Å². The van der Waals surface area contributed by atoms with Gasteiger partial charge >= 0.3 is 0 Å². The van der Waals surface area contributed by atoms with Crippen molar-refractivity contribution in [1.82, 2.24) is 15.6 Å². The van der Waals surface area contributed by atoms with Crippen LogP contribution in [0.4, 0.5) is 0 Å². The number of aryl methyl sites for hydroxylation is 1. The van der Waals surface area contributed by atoms with Crippen LogP contribution in [0.1, 0.15) is 69.4 Å². The van der Waals surface area contributed by atoms with Crippen LogP contribution in [-0.2, 0) is 27.2 Å². The summed E-state index contributed by atoms with van der Waals surface area (Å²) in [6, 6.07) is 12.5. The number of unbranched alkanes of at least 4 members (excludes halogenated alkanes) is 1. The molecule has 2 amide bonds. The van der Waals surface area contributed by atoms with Gasteiger partial charge in [0.1, 0.15) is 6.04 Å². The zero-order chi connectivity index (χ0) is 24.9. The lowest BCUT2D eigenvalue weighted by Gasteiger charge is -2.29. The highest BCUT2D eigenvalue weighted by molar-refractivity contribution is 6.38. The van der Waals surface area contributed by atoms with Gasteiger partial charge in [-0.05, 0) is 61.6 Å². The van der Waals surface area contributed by atoms with Crippen LogP contribution < -0.4 is 10.6 Å². The second-order valence-corrected chi connectivity index (χ2v) is 9.70. The van der Waals surface area contributed by atoms with E-state index in [0.29, 0.717) is 25.3 Å². The molecule has 1 heterocycles. The smallest absolute Gasteiger partial charge is 0.289 e. The molecular weight excluding hydrogens is 438 g/mol. The third-order valence-electron chi connectivity index (χ3n) is 6.97. The number of hydrogen-bond donors (Lipinski definition) is 2. The number of ketones is 1. The number of rotatable bonds is 13. The van der Waals surface area contributed by atoms with Crippen molar-refractivity contribution in [2.24, 2.45) is 11.8 Å². The number of benzene rings is 1. The predicted molar refractivity (Wildman–Crippen MR) is 138 cm³/mol. The van der Waals surface area contributed by atoms with Crippen LogP contribution in [0.25, 0.3) is 0 Å². The Bertz CT molecular complexity index is 925. The van der Waals surface area contributed by atoms with Crippen LogP contribution in [0, 0.1) is 11.8 Å². The minimum atomic E-state index is -0.860. The Morgan fingerprint density at radius 3 is 2.40 bits per heavy atom. The maximum absolute atomic E-state index is 13.1. The number of amides is 2. The van der Waals surface area contributed by atoms with Crippen LogP contribution in [0.15, 0.2) is 54.9 Å². The van der Waals surface area contributed by atoms with E-state index in [1.54, 1.807) is 12.4 Å². The van der Waals surface area contributed by atoms with Crippen LogP contribution in [0.5, 0.6) is 0 Å². The van der Waals surface area contributed by atoms with E-state index in [1.807, 2.05) is 42.5 Å². The molecule has 0 bridgehead atoms. The SMILES string of the molecule is CCCCC1CCC(C(=O)N[C@@H](Cc2ccccc2)C(=O)C(=O)NCCCc2cccnc2)CC1. The average Bonchev–Trinajstić information content (AvgIpc) is 2.90. The van der Waals surface area contributed by atoms with Gasteiger partial charge in [-0.2, -0.15) is 0 Å². The quantitative estimate of drug-likeness (QED) is 0.330. The largest absolute Gasteiger partial charge is 0.349 e. The summed E-state index contributed by atoms with van der Waals surface area (Å²) in [6.07, 6.45) is 12.8. The summed E-state index contributed by atoms with van der Waals surface area (Å²) in [6.45, 7) is 2.60. The zero-order valence-electron chi connectivity index (χ0n) is 20.9. The van der Waals surface area contributed by atoms with Gasteiger partial charge in [0.15, 0.2) is 0 Å². The maximum Gasteiger partial charge on any atom is 0.289 e. The molecule has 1 aliphatic carbocycles. The van der Waals surface area contributed by atoms with E-state index < -0.39 is 17.7 Å². The molecule has 6 heteroatoms. The summed E-state index contributed by atoms with van der Waals surface area (Å²) >= 11 is 0. The molecule has 188 valence electrons. The Balaban J connectivity index is 1.54. The van der Waals surface area contributed by atoms with E-state index in [4.69, 9.17) is 0 Å². The summed E-state index contributed by atoms with van der Waals surface area (Å²) in [5.74, 6) is -0.696. The number of hydrogen-bond acceptors (Lipinski definition) is 4. The Morgan fingerprint density at radius 1 is 0.971 bits per heavy atom. The number of nitrogens with one attached hydrogen (secondary N) is 2. The van der Waals surface area contributed by atoms with Gasteiger partial charge in [0.2, 0.25) is 11.7 Å². The molecule has 1 aromatic carbocycles. The van der Waals surface area contributed by atoms with Crippen molar-refractivity contribution in [1.29, 1.82) is 0 Å². The number of pyridine rings is 1. The highest BCUT2D eigenvalue weighted by atomic mass is 16.2. The van der Waals surface area contributed by atoms with Crippen molar-refractivity contribution in [2.75, 3.05) is 6.54 Å². The van der Waals surface area contributed by atoms with Gasteiger partial charge in [-0.3, -0.25) is 19.4 Å². The topological polar surface area (TPSA) is 88.2 Å². The van der Waals surface area contributed by atoms with Crippen LogP contribution in [-0.4, -0.2) is 35.2 Å². The Hall–Kier alpha value is -3.02. The monoisotopic (exact) mass is 477 g/mol. The van der Waals surface area contributed by atoms with Crippen LogP contribution >= 0.6 is 0 Å². The number of Topliss-reactive ketones (excluding diaryl/α,β-unsaturated/α-hetero) is 1. The van der Waals surface area contributed by atoms with Crippen molar-refractivity contribution in [3.63, 3.8) is 0 Å². The Labute approximate surface area is 209 Å². The van der Waals surface area contributed by atoms with Gasteiger partial charge in [0, 0.05) is 31.3 Å². The molecule has 1 fully saturated rings. The van der Waals surface area contributed by atoms with Crippen LogP contribution in [0.3, 0.4) is 0 Å².